The Balaban J connectivity index is 2.46. The van der Waals surface area contributed by atoms with Crippen LogP contribution in [0.25, 0.3) is 0 Å². The number of rotatable bonds is 7. The van der Waals surface area contributed by atoms with Crippen LogP contribution in [0.3, 0.4) is 0 Å². The van der Waals surface area contributed by atoms with Crippen LogP contribution in [-0.4, -0.2) is 31.6 Å². The van der Waals surface area contributed by atoms with Crippen molar-refractivity contribution >= 4 is 23.4 Å². The van der Waals surface area contributed by atoms with Crippen molar-refractivity contribution in [3.8, 4) is 5.75 Å². The van der Waals surface area contributed by atoms with Crippen molar-refractivity contribution in [2.24, 2.45) is 0 Å². The van der Waals surface area contributed by atoms with Gasteiger partial charge in [-0.05, 0) is 43.0 Å². The molecule has 1 aromatic carbocycles. The van der Waals surface area contributed by atoms with Crippen molar-refractivity contribution in [2.75, 3.05) is 31.4 Å². The summed E-state index contributed by atoms with van der Waals surface area (Å²) in [7, 11) is 1.54. The molecule has 3 N–H and O–H groups in total. The van der Waals surface area contributed by atoms with Crippen molar-refractivity contribution in [1.82, 2.24) is 5.32 Å². The zero-order valence-electron chi connectivity index (χ0n) is 10.9. The van der Waals surface area contributed by atoms with Gasteiger partial charge in [0.05, 0.1) is 12.8 Å². The minimum absolute atomic E-state index is 0.0857. The molecule has 0 atom stereocenters. The molecule has 0 aliphatic heterocycles. The van der Waals surface area contributed by atoms with E-state index in [-0.39, 0.29) is 5.91 Å². The van der Waals surface area contributed by atoms with Crippen LogP contribution < -0.4 is 15.8 Å². The molecule has 4 nitrogen and oxygen atoms in total. The number of hydrogen-bond acceptors (Lipinski definition) is 4. The number of ether oxygens (including phenoxy) is 1. The van der Waals surface area contributed by atoms with Crippen LogP contribution in [0.15, 0.2) is 18.2 Å². The van der Waals surface area contributed by atoms with E-state index in [1.54, 1.807) is 18.2 Å². The van der Waals surface area contributed by atoms with Crippen LogP contribution in [0.4, 0.5) is 5.69 Å². The predicted octanol–water partition coefficient (Wildman–Crippen LogP) is 2.15. The van der Waals surface area contributed by atoms with Crippen molar-refractivity contribution < 1.29 is 9.53 Å². The van der Waals surface area contributed by atoms with E-state index >= 15 is 0 Å². The van der Waals surface area contributed by atoms with Crippen LogP contribution in [-0.2, 0) is 0 Å². The molecule has 0 heterocycles. The third kappa shape index (κ3) is 4.49. The lowest BCUT2D eigenvalue weighted by Gasteiger charge is -2.08. The highest BCUT2D eigenvalue weighted by Gasteiger charge is 2.07. The Kier molecular flexibility index (Phi) is 6.43. The largest absolute Gasteiger partial charge is 0.495 e. The first-order valence-corrected chi connectivity index (χ1v) is 7.29. The Morgan fingerprint density at radius 3 is 2.89 bits per heavy atom. The molecule has 0 aromatic heterocycles. The number of unbranched alkanes of at least 4 members (excludes halogenated alkanes) is 1. The van der Waals surface area contributed by atoms with Gasteiger partial charge in [-0.3, -0.25) is 4.79 Å². The van der Waals surface area contributed by atoms with Gasteiger partial charge in [0.25, 0.3) is 5.91 Å². The van der Waals surface area contributed by atoms with Gasteiger partial charge in [-0.2, -0.15) is 11.8 Å². The molecule has 0 aliphatic carbocycles. The van der Waals surface area contributed by atoms with Crippen molar-refractivity contribution in [2.45, 2.75) is 12.8 Å². The van der Waals surface area contributed by atoms with Gasteiger partial charge in [0, 0.05) is 12.1 Å². The fraction of sp³-hybridized carbons (Fsp3) is 0.462. The Labute approximate surface area is 112 Å². The smallest absolute Gasteiger partial charge is 0.251 e. The second-order valence-electron chi connectivity index (χ2n) is 3.91. The number of amides is 1. The van der Waals surface area contributed by atoms with E-state index in [1.807, 2.05) is 11.8 Å². The number of nitrogen functional groups attached to an aromatic ring is 1. The molecule has 0 bridgehead atoms. The lowest BCUT2D eigenvalue weighted by atomic mass is 10.1. The maximum Gasteiger partial charge on any atom is 0.251 e. The van der Waals surface area contributed by atoms with Gasteiger partial charge >= 0.3 is 0 Å². The van der Waals surface area contributed by atoms with Gasteiger partial charge in [0.1, 0.15) is 5.75 Å². The molecule has 0 fully saturated rings. The standard InChI is InChI=1S/C13H20N2O2S/c1-17-12-9-10(5-6-11(12)14)13(16)15-7-3-4-8-18-2/h5-6,9H,3-4,7-8,14H2,1-2H3,(H,15,16). The van der Waals surface area contributed by atoms with E-state index in [0.29, 0.717) is 23.5 Å². The lowest BCUT2D eigenvalue weighted by Crippen LogP contribution is -2.24. The SMILES string of the molecule is COc1cc(C(=O)NCCCCSC)ccc1N. The Bertz CT molecular complexity index is 397. The molecule has 0 radical (unpaired) electrons. The number of thioether (sulfide) groups is 1. The fourth-order valence-corrected chi connectivity index (χ4v) is 2.02. The minimum Gasteiger partial charge on any atom is -0.495 e. The summed E-state index contributed by atoms with van der Waals surface area (Å²) in [6, 6.07) is 5.04. The van der Waals surface area contributed by atoms with Gasteiger partial charge < -0.3 is 15.8 Å². The van der Waals surface area contributed by atoms with Gasteiger partial charge in [-0.1, -0.05) is 0 Å². The first-order chi connectivity index (χ1) is 8.69. The number of anilines is 1. The summed E-state index contributed by atoms with van der Waals surface area (Å²) in [6.45, 7) is 0.700. The molecule has 1 rings (SSSR count). The minimum atomic E-state index is -0.0857. The Morgan fingerprint density at radius 1 is 1.44 bits per heavy atom. The second-order valence-corrected chi connectivity index (χ2v) is 4.90. The number of nitrogens with two attached hydrogens (primary N) is 1. The molecular weight excluding hydrogens is 248 g/mol. The van der Waals surface area contributed by atoms with E-state index in [2.05, 4.69) is 11.6 Å². The predicted molar refractivity (Wildman–Crippen MR) is 77.4 cm³/mol. The van der Waals surface area contributed by atoms with E-state index < -0.39 is 0 Å². The van der Waals surface area contributed by atoms with E-state index in [0.717, 1.165) is 18.6 Å². The topological polar surface area (TPSA) is 64.3 Å². The zero-order valence-corrected chi connectivity index (χ0v) is 11.7. The zero-order chi connectivity index (χ0) is 13.4. The van der Waals surface area contributed by atoms with Gasteiger partial charge in [-0.15, -0.1) is 0 Å². The van der Waals surface area contributed by atoms with E-state index in [4.69, 9.17) is 10.5 Å². The average Bonchev–Trinajstić information content (AvgIpc) is 2.38. The summed E-state index contributed by atoms with van der Waals surface area (Å²) in [4.78, 5) is 11.8. The average molecular weight is 268 g/mol. The number of carbonyl (C=O) groups excluding carboxylic acids is 1. The highest BCUT2D eigenvalue weighted by molar-refractivity contribution is 7.98. The van der Waals surface area contributed by atoms with Crippen molar-refractivity contribution in [1.29, 1.82) is 0 Å². The number of hydrogen-bond donors (Lipinski definition) is 2. The summed E-state index contributed by atoms with van der Waals surface area (Å²) >= 11 is 1.82. The molecule has 1 aromatic rings. The number of carbonyl (C=O) groups is 1. The molecule has 5 heteroatoms. The Hall–Kier alpha value is -1.36. The van der Waals surface area contributed by atoms with E-state index in [1.165, 1.54) is 7.11 Å². The molecule has 0 unspecified atom stereocenters. The fourth-order valence-electron chi connectivity index (χ4n) is 1.53. The quantitative estimate of drug-likeness (QED) is 0.587. The van der Waals surface area contributed by atoms with E-state index in [9.17, 15) is 4.79 Å². The molecule has 100 valence electrons. The molecule has 0 spiro atoms. The van der Waals surface area contributed by atoms with Gasteiger partial charge in [0.2, 0.25) is 0 Å². The summed E-state index contributed by atoms with van der Waals surface area (Å²) in [5.41, 5.74) is 6.81. The van der Waals surface area contributed by atoms with Gasteiger partial charge in [-0.25, -0.2) is 0 Å². The maximum absolute atomic E-state index is 11.8. The molecule has 0 saturated heterocycles. The molecular formula is C13H20N2O2S. The molecule has 0 saturated carbocycles. The maximum atomic E-state index is 11.8. The van der Waals surface area contributed by atoms with Crippen LogP contribution >= 0.6 is 11.8 Å². The molecule has 1 amide bonds. The van der Waals surface area contributed by atoms with Crippen molar-refractivity contribution in [3.05, 3.63) is 23.8 Å². The Morgan fingerprint density at radius 2 is 2.22 bits per heavy atom. The first-order valence-electron chi connectivity index (χ1n) is 5.89. The lowest BCUT2D eigenvalue weighted by molar-refractivity contribution is 0.0953. The van der Waals surface area contributed by atoms with Crippen LogP contribution in [0.5, 0.6) is 5.75 Å². The van der Waals surface area contributed by atoms with Crippen molar-refractivity contribution in [3.63, 3.8) is 0 Å². The summed E-state index contributed by atoms with van der Waals surface area (Å²) in [5, 5.41) is 2.88. The first kappa shape index (κ1) is 14.7. The number of nitrogens with one attached hydrogen (secondary N) is 1. The highest BCUT2D eigenvalue weighted by atomic mass is 32.2. The molecule has 18 heavy (non-hydrogen) atoms. The van der Waals surface area contributed by atoms with Gasteiger partial charge in [0.15, 0.2) is 0 Å². The summed E-state index contributed by atoms with van der Waals surface area (Å²) in [6.07, 6.45) is 4.20. The van der Waals surface area contributed by atoms with Crippen LogP contribution in [0, 0.1) is 0 Å². The highest BCUT2D eigenvalue weighted by Crippen LogP contribution is 2.21. The summed E-state index contributed by atoms with van der Waals surface area (Å²) < 4.78 is 5.09. The summed E-state index contributed by atoms with van der Waals surface area (Å²) in [5.74, 6) is 1.58. The normalized spacial score (nSPS) is 10.1. The number of benzene rings is 1. The molecule has 0 aliphatic rings. The number of methoxy groups -OCH3 is 1. The third-order valence-electron chi connectivity index (χ3n) is 2.56. The monoisotopic (exact) mass is 268 g/mol. The van der Waals surface area contributed by atoms with Crippen LogP contribution in [0.2, 0.25) is 0 Å². The third-order valence-corrected chi connectivity index (χ3v) is 3.25. The van der Waals surface area contributed by atoms with Crippen LogP contribution in [0.1, 0.15) is 23.2 Å². The second kappa shape index (κ2) is 7.87.